The topological polar surface area (TPSA) is 24.9 Å². The molecule has 0 radical (unpaired) electrons. The molecular formula is C9H12F2N2S. The predicted octanol–water partition coefficient (Wildman–Crippen LogP) is 2.91. The van der Waals surface area contributed by atoms with E-state index in [4.69, 9.17) is 0 Å². The van der Waals surface area contributed by atoms with Gasteiger partial charge < -0.3 is 5.32 Å². The molecule has 0 atom stereocenters. The molecule has 1 aromatic heterocycles. The third-order valence-electron chi connectivity index (χ3n) is 2.34. The fraction of sp³-hybridized carbons (Fsp3) is 0.667. The Labute approximate surface area is 85.4 Å². The van der Waals surface area contributed by atoms with Crippen LogP contribution in [0.3, 0.4) is 0 Å². The second-order valence-electron chi connectivity index (χ2n) is 3.81. The first kappa shape index (κ1) is 9.83. The third-order valence-corrected chi connectivity index (χ3v) is 3.25. The highest BCUT2D eigenvalue weighted by Gasteiger charge is 2.44. The van der Waals surface area contributed by atoms with Crippen molar-refractivity contribution in [3.05, 3.63) is 11.1 Å². The second-order valence-corrected chi connectivity index (χ2v) is 4.66. The van der Waals surface area contributed by atoms with Crippen molar-refractivity contribution in [2.45, 2.75) is 25.7 Å². The molecule has 1 aliphatic carbocycles. The van der Waals surface area contributed by atoms with E-state index in [9.17, 15) is 8.78 Å². The van der Waals surface area contributed by atoms with Crippen LogP contribution in [0.4, 0.5) is 13.9 Å². The molecule has 1 N–H and O–H groups in total. The van der Waals surface area contributed by atoms with E-state index in [1.807, 2.05) is 12.3 Å². The zero-order chi connectivity index (χ0) is 10.2. The van der Waals surface area contributed by atoms with Gasteiger partial charge in [0.2, 0.25) is 5.92 Å². The lowest BCUT2D eigenvalue weighted by molar-refractivity contribution is -0.106. The predicted molar refractivity (Wildman–Crippen MR) is 53.0 cm³/mol. The lowest BCUT2D eigenvalue weighted by atomic mass is 9.81. The zero-order valence-electron chi connectivity index (χ0n) is 7.89. The molecule has 1 saturated carbocycles. The molecule has 78 valence electrons. The molecule has 5 heteroatoms. The molecule has 0 spiro atoms. The highest BCUT2D eigenvalue weighted by atomic mass is 32.1. The summed E-state index contributed by atoms with van der Waals surface area (Å²) in [5, 5.41) is 5.85. The Bertz CT molecular complexity index is 316. The lowest BCUT2D eigenvalue weighted by Gasteiger charge is -2.34. The van der Waals surface area contributed by atoms with Gasteiger partial charge in [-0.2, -0.15) is 0 Å². The molecule has 0 amide bonds. The zero-order valence-corrected chi connectivity index (χ0v) is 8.70. The number of aromatic nitrogens is 1. The molecule has 0 aliphatic heterocycles. The van der Waals surface area contributed by atoms with Crippen LogP contribution in [0.25, 0.3) is 0 Å². The first-order valence-corrected chi connectivity index (χ1v) is 5.47. The summed E-state index contributed by atoms with van der Waals surface area (Å²) in [6, 6.07) is 0. The summed E-state index contributed by atoms with van der Waals surface area (Å²) in [5.74, 6) is -2.31. The fourth-order valence-corrected chi connectivity index (χ4v) is 2.29. The van der Waals surface area contributed by atoms with Crippen LogP contribution in [-0.4, -0.2) is 17.5 Å². The molecule has 1 aliphatic rings. The van der Waals surface area contributed by atoms with E-state index in [0.717, 1.165) is 10.8 Å². The van der Waals surface area contributed by atoms with E-state index in [-0.39, 0.29) is 18.8 Å². The fourth-order valence-electron chi connectivity index (χ4n) is 1.60. The van der Waals surface area contributed by atoms with Gasteiger partial charge in [0.05, 0.1) is 5.69 Å². The first-order chi connectivity index (χ1) is 6.55. The van der Waals surface area contributed by atoms with Crippen LogP contribution in [0.15, 0.2) is 5.38 Å². The van der Waals surface area contributed by atoms with Gasteiger partial charge in [0, 0.05) is 24.8 Å². The number of nitrogens with one attached hydrogen (secondary N) is 1. The maximum Gasteiger partial charge on any atom is 0.248 e. The van der Waals surface area contributed by atoms with Crippen LogP contribution in [0.5, 0.6) is 0 Å². The van der Waals surface area contributed by atoms with Crippen molar-refractivity contribution in [1.82, 2.24) is 4.98 Å². The largest absolute Gasteiger partial charge is 0.361 e. The molecule has 0 unspecified atom stereocenters. The monoisotopic (exact) mass is 218 g/mol. The van der Waals surface area contributed by atoms with Crippen molar-refractivity contribution in [3.63, 3.8) is 0 Å². The van der Waals surface area contributed by atoms with Gasteiger partial charge in [0.15, 0.2) is 5.13 Å². The maximum atomic E-state index is 12.5. The molecule has 14 heavy (non-hydrogen) atoms. The van der Waals surface area contributed by atoms with Gasteiger partial charge in [-0.3, -0.25) is 0 Å². The minimum Gasteiger partial charge on any atom is -0.361 e. The Kier molecular flexibility index (Phi) is 2.43. The Morgan fingerprint density at radius 3 is 2.86 bits per heavy atom. The van der Waals surface area contributed by atoms with Crippen LogP contribution < -0.4 is 5.32 Å². The Morgan fingerprint density at radius 2 is 2.36 bits per heavy atom. The van der Waals surface area contributed by atoms with Crippen LogP contribution in [-0.2, 0) is 0 Å². The molecule has 1 heterocycles. The van der Waals surface area contributed by atoms with Crippen LogP contribution in [0, 0.1) is 12.8 Å². The van der Waals surface area contributed by atoms with Crippen LogP contribution in [0.2, 0.25) is 0 Å². The third kappa shape index (κ3) is 2.20. The van der Waals surface area contributed by atoms with Gasteiger partial charge in [0.25, 0.3) is 0 Å². The average molecular weight is 218 g/mol. The van der Waals surface area contributed by atoms with E-state index in [1.165, 1.54) is 11.3 Å². The van der Waals surface area contributed by atoms with Crippen molar-refractivity contribution < 1.29 is 8.78 Å². The van der Waals surface area contributed by atoms with Crippen molar-refractivity contribution in [2.24, 2.45) is 5.92 Å². The number of hydrogen-bond donors (Lipinski definition) is 1. The number of hydrogen-bond acceptors (Lipinski definition) is 3. The Morgan fingerprint density at radius 1 is 1.64 bits per heavy atom. The molecule has 0 aromatic carbocycles. The van der Waals surface area contributed by atoms with Gasteiger partial charge in [-0.25, -0.2) is 13.8 Å². The minimum atomic E-state index is -2.41. The van der Waals surface area contributed by atoms with Crippen molar-refractivity contribution in [2.75, 3.05) is 11.9 Å². The molecular weight excluding hydrogens is 206 g/mol. The number of halogens is 2. The van der Waals surface area contributed by atoms with E-state index in [2.05, 4.69) is 10.3 Å². The lowest BCUT2D eigenvalue weighted by Crippen LogP contribution is -2.39. The summed E-state index contributed by atoms with van der Waals surface area (Å²) >= 11 is 1.52. The van der Waals surface area contributed by atoms with Crippen molar-refractivity contribution in [3.8, 4) is 0 Å². The van der Waals surface area contributed by atoms with Gasteiger partial charge in [-0.05, 0) is 12.8 Å². The van der Waals surface area contributed by atoms with Gasteiger partial charge in [-0.1, -0.05) is 0 Å². The maximum absolute atomic E-state index is 12.5. The van der Waals surface area contributed by atoms with Gasteiger partial charge in [-0.15, -0.1) is 11.3 Å². The van der Waals surface area contributed by atoms with Crippen LogP contribution in [0.1, 0.15) is 18.5 Å². The summed E-state index contributed by atoms with van der Waals surface area (Å²) in [6.07, 6.45) is 0.0364. The summed E-state index contributed by atoms with van der Waals surface area (Å²) in [5.41, 5.74) is 0.969. The number of anilines is 1. The van der Waals surface area contributed by atoms with E-state index in [1.54, 1.807) is 0 Å². The van der Waals surface area contributed by atoms with E-state index in [0.29, 0.717) is 6.54 Å². The minimum absolute atomic E-state index is 0.0182. The molecule has 0 bridgehead atoms. The molecule has 2 rings (SSSR count). The highest BCUT2D eigenvalue weighted by Crippen LogP contribution is 2.42. The molecule has 1 fully saturated rings. The Hall–Kier alpha value is -0.710. The first-order valence-electron chi connectivity index (χ1n) is 4.59. The average Bonchev–Trinajstić information content (AvgIpc) is 2.44. The number of nitrogens with zero attached hydrogens (tertiary/aromatic N) is 1. The van der Waals surface area contributed by atoms with Gasteiger partial charge in [0.1, 0.15) is 0 Å². The second kappa shape index (κ2) is 3.46. The summed E-state index contributed by atoms with van der Waals surface area (Å²) in [6.45, 7) is 2.53. The van der Waals surface area contributed by atoms with E-state index < -0.39 is 5.92 Å². The van der Waals surface area contributed by atoms with E-state index >= 15 is 0 Å². The summed E-state index contributed by atoms with van der Waals surface area (Å²) < 4.78 is 25.0. The molecule has 0 saturated heterocycles. The molecule has 1 aromatic rings. The number of alkyl halides is 2. The summed E-state index contributed by atoms with van der Waals surface area (Å²) in [7, 11) is 0. The highest BCUT2D eigenvalue weighted by molar-refractivity contribution is 7.13. The number of aryl methyl sites for hydroxylation is 1. The molecule has 2 nitrogen and oxygen atoms in total. The van der Waals surface area contributed by atoms with Crippen molar-refractivity contribution >= 4 is 16.5 Å². The van der Waals surface area contributed by atoms with Crippen LogP contribution >= 0.6 is 11.3 Å². The smallest absolute Gasteiger partial charge is 0.248 e. The quantitative estimate of drug-likeness (QED) is 0.843. The summed E-state index contributed by atoms with van der Waals surface area (Å²) in [4.78, 5) is 4.20. The SMILES string of the molecule is Cc1csc(NCC2CC(F)(F)C2)n1. The van der Waals surface area contributed by atoms with Gasteiger partial charge >= 0.3 is 0 Å². The van der Waals surface area contributed by atoms with Crippen molar-refractivity contribution in [1.29, 1.82) is 0 Å². The number of thiazole rings is 1. The Balaban J connectivity index is 1.74. The number of rotatable bonds is 3. The standard InChI is InChI=1S/C9H12F2N2S/c1-6-5-14-8(13-6)12-4-7-2-9(10,11)3-7/h5,7H,2-4H2,1H3,(H,12,13). The normalized spacial score (nSPS) is 20.5.